The molecule has 0 unspecified atom stereocenters. The molecule has 6 heteroatoms. The molecule has 3 aromatic rings. The molecule has 0 heterocycles. The van der Waals surface area contributed by atoms with Crippen molar-refractivity contribution in [3.8, 4) is 17.2 Å². The smallest absolute Gasteiger partial charge is 0.277 e. The largest absolute Gasteiger partial charge is 0.493 e. The quantitative estimate of drug-likeness (QED) is 0.379. The Bertz CT molecular complexity index is 1040. The molecule has 166 valence electrons. The molecule has 0 saturated heterocycles. The molecule has 1 amide bonds. The van der Waals surface area contributed by atoms with Crippen LogP contribution in [-0.2, 0) is 11.2 Å². The SMILES string of the molecule is COc1cc(/C=N/NC(=O)COc2c(C)cccc2C)ccc1OCCc1ccccc1. The van der Waals surface area contributed by atoms with E-state index in [-0.39, 0.29) is 12.5 Å². The summed E-state index contributed by atoms with van der Waals surface area (Å²) in [5, 5.41) is 4.00. The fourth-order valence-electron chi connectivity index (χ4n) is 3.18. The zero-order valence-corrected chi connectivity index (χ0v) is 18.6. The molecule has 1 N–H and O–H groups in total. The highest BCUT2D eigenvalue weighted by atomic mass is 16.5. The first-order chi connectivity index (χ1) is 15.6. The van der Waals surface area contributed by atoms with Crippen molar-refractivity contribution in [2.75, 3.05) is 20.3 Å². The highest BCUT2D eigenvalue weighted by molar-refractivity contribution is 5.83. The number of hydrazone groups is 1. The summed E-state index contributed by atoms with van der Waals surface area (Å²) >= 11 is 0. The van der Waals surface area contributed by atoms with Gasteiger partial charge in [-0.3, -0.25) is 4.79 Å². The number of amides is 1. The summed E-state index contributed by atoms with van der Waals surface area (Å²) in [6.07, 6.45) is 2.36. The van der Waals surface area contributed by atoms with E-state index in [0.717, 1.165) is 28.9 Å². The third kappa shape index (κ3) is 6.60. The average molecular weight is 433 g/mol. The number of nitrogens with one attached hydrogen (secondary N) is 1. The van der Waals surface area contributed by atoms with Crippen LogP contribution in [0.5, 0.6) is 17.2 Å². The monoisotopic (exact) mass is 432 g/mol. The highest BCUT2D eigenvalue weighted by Gasteiger charge is 2.08. The van der Waals surface area contributed by atoms with Crippen LogP contribution in [0.1, 0.15) is 22.3 Å². The molecule has 0 aliphatic rings. The van der Waals surface area contributed by atoms with Gasteiger partial charge in [0.05, 0.1) is 19.9 Å². The number of para-hydroxylation sites is 1. The van der Waals surface area contributed by atoms with Gasteiger partial charge in [-0.15, -0.1) is 0 Å². The predicted octanol–water partition coefficient (Wildman–Crippen LogP) is 4.46. The van der Waals surface area contributed by atoms with Gasteiger partial charge in [0.25, 0.3) is 5.91 Å². The van der Waals surface area contributed by atoms with Crippen molar-refractivity contribution >= 4 is 12.1 Å². The van der Waals surface area contributed by atoms with Crippen LogP contribution < -0.4 is 19.6 Å². The van der Waals surface area contributed by atoms with Gasteiger partial charge in [0.2, 0.25) is 0 Å². The first kappa shape index (κ1) is 22.9. The second-order valence-corrected chi connectivity index (χ2v) is 7.30. The Labute approximate surface area is 188 Å². The zero-order chi connectivity index (χ0) is 22.8. The van der Waals surface area contributed by atoms with Crippen molar-refractivity contribution in [3.05, 3.63) is 89.0 Å². The molecule has 0 aliphatic heterocycles. The van der Waals surface area contributed by atoms with E-state index in [1.807, 2.05) is 62.4 Å². The molecular formula is C26H28N2O4. The summed E-state index contributed by atoms with van der Waals surface area (Å²) in [5.74, 6) is 1.65. The van der Waals surface area contributed by atoms with E-state index in [9.17, 15) is 4.79 Å². The fraction of sp³-hybridized carbons (Fsp3) is 0.231. The number of benzene rings is 3. The van der Waals surface area contributed by atoms with Crippen molar-refractivity contribution in [3.63, 3.8) is 0 Å². The van der Waals surface area contributed by atoms with Crippen molar-refractivity contribution in [1.82, 2.24) is 5.43 Å². The number of aryl methyl sites for hydroxylation is 2. The van der Waals surface area contributed by atoms with Gasteiger partial charge in [0, 0.05) is 6.42 Å². The van der Waals surface area contributed by atoms with Gasteiger partial charge in [-0.25, -0.2) is 5.43 Å². The predicted molar refractivity (Wildman–Crippen MR) is 126 cm³/mol. The van der Waals surface area contributed by atoms with Crippen LogP contribution in [0.3, 0.4) is 0 Å². The number of ether oxygens (including phenoxy) is 3. The Hall–Kier alpha value is -3.80. The Balaban J connectivity index is 1.50. The second kappa shape index (κ2) is 11.6. The van der Waals surface area contributed by atoms with E-state index in [0.29, 0.717) is 18.1 Å². The van der Waals surface area contributed by atoms with Gasteiger partial charge >= 0.3 is 0 Å². The van der Waals surface area contributed by atoms with Gasteiger partial charge in [0.15, 0.2) is 18.1 Å². The van der Waals surface area contributed by atoms with Crippen molar-refractivity contribution in [2.45, 2.75) is 20.3 Å². The van der Waals surface area contributed by atoms with Crippen LogP contribution in [0.25, 0.3) is 0 Å². The van der Waals surface area contributed by atoms with Gasteiger partial charge in [-0.1, -0.05) is 48.5 Å². The first-order valence-corrected chi connectivity index (χ1v) is 10.4. The minimum atomic E-state index is -0.336. The lowest BCUT2D eigenvalue weighted by molar-refractivity contribution is -0.123. The summed E-state index contributed by atoms with van der Waals surface area (Å²) in [7, 11) is 1.59. The summed E-state index contributed by atoms with van der Waals surface area (Å²) < 4.78 is 16.9. The lowest BCUT2D eigenvalue weighted by atomic mass is 10.1. The Morgan fingerprint density at radius 3 is 2.41 bits per heavy atom. The Morgan fingerprint density at radius 2 is 1.69 bits per heavy atom. The van der Waals surface area contributed by atoms with Crippen LogP contribution in [0.2, 0.25) is 0 Å². The normalized spacial score (nSPS) is 10.7. The molecule has 0 bridgehead atoms. The number of nitrogens with zero attached hydrogens (tertiary/aromatic N) is 1. The molecule has 0 saturated carbocycles. The molecule has 0 aromatic heterocycles. The maximum Gasteiger partial charge on any atom is 0.277 e. The van der Waals surface area contributed by atoms with Crippen LogP contribution in [0.15, 0.2) is 71.8 Å². The first-order valence-electron chi connectivity index (χ1n) is 10.4. The van der Waals surface area contributed by atoms with Crippen molar-refractivity contribution in [1.29, 1.82) is 0 Å². The molecular weight excluding hydrogens is 404 g/mol. The minimum absolute atomic E-state index is 0.111. The summed E-state index contributed by atoms with van der Waals surface area (Å²) in [5.41, 5.74) is 6.44. The molecule has 3 aromatic carbocycles. The highest BCUT2D eigenvalue weighted by Crippen LogP contribution is 2.27. The summed E-state index contributed by atoms with van der Waals surface area (Å²) in [6.45, 7) is 4.33. The molecule has 0 atom stereocenters. The number of carbonyl (C=O) groups is 1. The third-order valence-electron chi connectivity index (χ3n) is 4.84. The van der Waals surface area contributed by atoms with E-state index in [1.54, 1.807) is 19.4 Å². The Kier molecular flexibility index (Phi) is 8.26. The number of hydrogen-bond acceptors (Lipinski definition) is 5. The van der Waals surface area contributed by atoms with E-state index >= 15 is 0 Å². The average Bonchev–Trinajstić information content (AvgIpc) is 2.80. The number of rotatable bonds is 10. The molecule has 0 spiro atoms. The minimum Gasteiger partial charge on any atom is -0.493 e. The zero-order valence-electron chi connectivity index (χ0n) is 18.6. The van der Waals surface area contributed by atoms with Crippen LogP contribution in [0, 0.1) is 13.8 Å². The van der Waals surface area contributed by atoms with Crippen molar-refractivity contribution in [2.24, 2.45) is 5.10 Å². The molecule has 32 heavy (non-hydrogen) atoms. The molecule has 0 radical (unpaired) electrons. The number of hydrogen-bond donors (Lipinski definition) is 1. The second-order valence-electron chi connectivity index (χ2n) is 7.30. The standard InChI is InChI=1S/C26H28N2O4/c1-19-8-7-9-20(2)26(19)32-18-25(29)28-27-17-22-12-13-23(24(16-22)30-3)31-15-14-21-10-5-4-6-11-21/h4-13,16-17H,14-15,18H2,1-3H3,(H,28,29)/b27-17+. The van der Waals surface area contributed by atoms with Crippen molar-refractivity contribution < 1.29 is 19.0 Å². The van der Waals surface area contributed by atoms with Gasteiger partial charge in [-0.2, -0.15) is 5.10 Å². The lowest BCUT2D eigenvalue weighted by Crippen LogP contribution is -2.25. The summed E-state index contributed by atoms with van der Waals surface area (Å²) in [4.78, 5) is 12.0. The van der Waals surface area contributed by atoms with Gasteiger partial charge in [-0.05, 0) is 54.3 Å². The van der Waals surface area contributed by atoms with Gasteiger partial charge < -0.3 is 14.2 Å². The van der Waals surface area contributed by atoms with Crippen LogP contribution in [0.4, 0.5) is 0 Å². The molecule has 0 fully saturated rings. The van der Waals surface area contributed by atoms with E-state index in [4.69, 9.17) is 14.2 Å². The fourth-order valence-corrected chi connectivity index (χ4v) is 3.18. The van der Waals surface area contributed by atoms with E-state index < -0.39 is 0 Å². The van der Waals surface area contributed by atoms with Crippen LogP contribution in [-0.4, -0.2) is 32.4 Å². The molecule has 6 nitrogen and oxygen atoms in total. The maximum absolute atomic E-state index is 12.0. The third-order valence-corrected chi connectivity index (χ3v) is 4.84. The molecule has 3 rings (SSSR count). The van der Waals surface area contributed by atoms with Crippen LogP contribution >= 0.6 is 0 Å². The maximum atomic E-state index is 12.0. The topological polar surface area (TPSA) is 69.2 Å². The Morgan fingerprint density at radius 1 is 0.938 bits per heavy atom. The number of carbonyl (C=O) groups excluding carboxylic acids is 1. The van der Waals surface area contributed by atoms with E-state index in [2.05, 4.69) is 22.7 Å². The molecule has 0 aliphatic carbocycles. The summed E-state index contributed by atoms with van der Waals surface area (Å²) in [6, 6.07) is 21.5. The lowest BCUT2D eigenvalue weighted by Gasteiger charge is -2.11. The van der Waals surface area contributed by atoms with E-state index in [1.165, 1.54) is 5.56 Å². The number of methoxy groups -OCH3 is 1. The van der Waals surface area contributed by atoms with Gasteiger partial charge in [0.1, 0.15) is 5.75 Å².